The topological polar surface area (TPSA) is 83.7 Å². The number of nitrogens with two attached hydrogens (primary N) is 1. The zero-order valence-corrected chi connectivity index (χ0v) is 13.5. The van der Waals surface area contributed by atoms with Crippen molar-refractivity contribution in [3.63, 3.8) is 0 Å². The molecule has 1 aromatic carbocycles. The molecule has 1 saturated heterocycles. The summed E-state index contributed by atoms with van der Waals surface area (Å²) in [5.41, 5.74) is 6.72. The molecule has 1 aliphatic rings. The van der Waals surface area contributed by atoms with Crippen molar-refractivity contribution in [2.24, 2.45) is 5.73 Å². The molecule has 0 radical (unpaired) electrons. The van der Waals surface area contributed by atoms with Gasteiger partial charge in [0.2, 0.25) is 15.9 Å². The van der Waals surface area contributed by atoms with E-state index in [2.05, 4.69) is 0 Å². The molecular formula is C15H23N3O3S. The van der Waals surface area contributed by atoms with Crippen molar-refractivity contribution in [1.82, 2.24) is 9.21 Å². The van der Waals surface area contributed by atoms with Crippen LogP contribution in [-0.4, -0.2) is 62.0 Å². The van der Waals surface area contributed by atoms with Gasteiger partial charge < -0.3 is 10.6 Å². The Kier molecular flexibility index (Phi) is 5.93. The lowest BCUT2D eigenvalue weighted by atomic mass is 10.1. The third-order valence-electron chi connectivity index (χ3n) is 3.78. The fourth-order valence-corrected chi connectivity index (χ4v) is 4.01. The highest BCUT2D eigenvalue weighted by molar-refractivity contribution is 7.89. The molecule has 0 aliphatic carbocycles. The molecule has 6 nitrogen and oxygen atoms in total. The van der Waals surface area contributed by atoms with Crippen LogP contribution in [0.1, 0.15) is 12.0 Å². The number of nitrogens with zero attached hydrogens (tertiary/aromatic N) is 2. The smallest absolute Gasteiger partial charge is 0.237 e. The molecule has 2 rings (SSSR count). The van der Waals surface area contributed by atoms with E-state index in [-0.39, 0.29) is 18.2 Å². The van der Waals surface area contributed by atoms with Gasteiger partial charge in [0, 0.05) is 26.2 Å². The van der Waals surface area contributed by atoms with E-state index in [1.807, 2.05) is 30.3 Å². The van der Waals surface area contributed by atoms with Crippen molar-refractivity contribution in [2.75, 3.05) is 38.5 Å². The van der Waals surface area contributed by atoms with Gasteiger partial charge >= 0.3 is 0 Å². The first-order valence-corrected chi connectivity index (χ1v) is 9.13. The van der Waals surface area contributed by atoms with Gasteiger partial charge in [-0.2, -0.15) is 4.31 Å². The monoisotopic (exact) mass is 325 g/mol. The van der Waals surface area contributed by atoms with E-state index in [9.17, 15) is 13.2 Å². The molecule has 0 bridgehead atoms. The quantitative estimate of drug-likeness (QED) is 0.768. The molecule has 1 aliphatic heterocycles. The summed E-state index contributed by atoms with van der Waals surface area (Å²) >= 11 is 0. The average Bonchev–Trinajstić information content (AvgIpc) is 2.83. The Bertz CT molecular complexity index is 589. The molecule has 0 saturated carbocycles. The van der Waals surface area contributed by atoms with Crippen molar-refractivity contribution >= 4 is 15.9 Å². The first-order valence-electron chi connectivity index (χ1n) is 7.52. The lowest BCUT2D eigenvalue weighted by molar-refractivity contribution is -0.131. The minimum atomic E-state index is -3.24. The number of hydrogen-bond donors (Lipinski definition) is 1. The summed E-state index contributed by atoms with van der Waals surface area (Å²) < 4.78 is 24.9. The Morgan fingerprint density at radius 3 is 2.55 bits per heavy atom. The summed E-state index contributed by atoms with van der Waals surface area (Å²) in [6.45, 7) is 1.72. The highest BCUT2D eigenvalue weighted by Crippen LogP contribution is 2.13. The molecule has 1 heterocycles. The second-order valence-electron chi connectivity index (χ2n) is 5.41. The van der Waals surface area contributed by atoms with Gasteiger partial charge in [-0.15, -0.1) is 0 Å². The third-order valence-corrected chi connectivity index (χ3v) is 5.68. The van der Waals surface area contributed by atoms with Crippen molar-refractivity contribution < 1.29 is 13.2 Å². The van der Waals surface area contributed by atoms with Crippen LogP contribution in [0.3, 0.4) is 0 Å². The molecule has 22 heavy (non-hydrogen) atoms. The summed E-state index contributed by atoms with van der Waals surface area (Å²) in [6.07, 6.45) is 1.33. The number of hydrogen-bond acceptors (Lipinski definition) is 4. The Morgan fingerprint density at radius 2 is 1.95 bits per heavy atom. The predicted octanol–water partition coefficient (Wildman–Crippen LogP) is 0.0519. The average molecular weight is 325 g/mol. The number of sulfonamides is 1. The van der Waals surface area contributed by atoms with Crippen LogP contribution in [0.2, 0.25) is 0 Å². The SMILES string of the molecule is NCCN(CCc1ccccc1)C(=O)CN1CCCS1(=O)=O. The standard InChI is InChI=1S/C15H23N3O3S/c16-8-11-17(10-7-14-5-2-1-3-6-14)15(19)13-18-9-4-12-22(18,20)21/h1-3,5-6H,4,7-13,16H2. The number of rotatable bonds is 7. The van der Waals surface area contributed by atoms with Crippen LogP contribution in [0.4, 0.5) is 0 Å². The molecule has 1 amide bonds. The van der Waals surface area contributed by atoms with Crippen molar-refractivity contribution in [1.29, 1.82) is 0 Å². The Morgan fingerprint density at radius 1 is 1.23 bits per heavy atom. The van der Waals surface area contributed by atoms with Crippen LogP contribution in [0, 0.1) is 0 Å². The molecule has 2 N–H and O–H groups in total. The normalized spacial score (nSPS) is 17.5. The van der Waals surface area contributed by atoms with Crippen LogP contribution in [0.5, 0.6) is 0 Å². The summed E-state index contributed by atoms with van der Waals surface area (Å²) in [7, 11) is -3.24. The van der Waals surface area contributed by atoms with Gasteiger partial charge in [0.15, 0.2) is 0 Å². The fraction of sp³-hybridized carbons (Fsp3) is 0.533. The van der Waals surface area contributed by atoms with Crippen LogP contribution >= 0.6 is 0 Å². The van der Waals surface area contributed by atoms with Gasteiger partial charge in [0.25, 0.3) is 0 Å². The lowest BCUT2D eigenvalue weighted by Gasteiger charge is -2.24. The number of carbonyl (C=O) groups is 1. The van der Waals surface area contributed by atoms with E-state index in [0.717, 1.165) is 12.0 Å². The second-order valence-corrected chi connectivity index (χ2v) is 7.50. The molecule has 0 spiro atoms. The molecule has 7 heteroatoms. The zero-order chi connectivity index (χ0) is 16.0. The summed E-state index contributed by atoms with van der Waals surface area (Å²) in [6, 6.07) is 9.89. The van der Waals surface area contributed by atoms with Gasteiger partial charge in [-0.25, -0.2) is 8.42 Å². The maximum absolute atomic E-state index is 12.4. The predicted molar refractivity (Wildman–Crippen MR) is 85.8 cm³/mol. The van der Waals surface area contributed by atoms with Gasteiger partial charge in [0.1, 0.15) is 0 Å². The van der Waals surface area contributed by atoms with E-state index in [0.29, 0.717) is 32.6 Å². The summed E-state index contributed by atoms with van der Waals surface area (Å²) in [5, 5.41) is 0. The van der Waals surface area contributed by atoms with Crippen molar-refractivity contribution in [2.45, 2.75) is 12.8 Å². The van der Waals surface area contributed by atoms with Gasteiger partial charge in [0.05, 0.1) is 12.3 Å². The fourth-order valence-electron chi connectivity index (χ4n) is 2.55. The maximum atomic E-state index is 12.4. The van der Waals surface area contributed by atoms with Gasteiger partial charge in [-0.05, 0) is 18.4 Å². The van der Waals surface area contributed by atoms with Crippen LogP contribution in [-0.2, 0) is 21.2 Å². The molecule has 0 aromatic heterocycles. The highest BCUT2D eigenvalue weighted by Gasteiger charge is 2.31. The van der Waals surface area contributed by atoms with Crippen LogP contribution < -0.4 is 5.73 Å². The van der Waals surface area contributed by atoms with Crippen molar-refractivity contribution in [3.05, 3.63) is 35.9 Å². The van der Waals surface area contributed by atoms with E-state index < -0.39 is 10.0 Å². The van der Waals surface area contributed by atoms with Crippen molar-refractivity contribution in [3.8, 4) is 0 Å². The third kappa shape index (κ3) is 4.53. The summed E-state index contributed by atoms with van der Waals surface area (Å²) in [5.74, 6) is -0.0341. The minimum absolute atomic E-state index is 0.0723. The number of benzene rings is 1. The highest BCUT2D eigenvalue weighted by atomic mass is 32.2. The number of carbonyl (C=O) groups excluding carboxylic acids is 1. The first kappa shape index (κ1) is 16.9. The summed E-state index contributed by atoms with van der Waals surface area (Å²) in [4.78, 5) is 14.0. The molecular weight excluding hydrogens is 302 g/mol. The Hall–Kier alpha value is -1.44. The Balaban J connectivity index is 1.93. The molecule has 122 valence electrons. The van der Waals surface area contributed by atoms with Gasteiger partial charge in [-0.3, -0.25) is 4.79 Å². The maximum Gasteiger partial charge on any atom is 0.237 e. The molecule has 0 atom stereocenters. The number of amides is 1. The minimum Gasteiger partial charge on any atom is -0.340 e. The zero-order valence-electron chi connectivity index (χ0n) is 12.6. The van der Waals surface area contributed by atoms with E-state index >= 15 is 0 Å². The van der Waals surface area contributed by atoms with E-state index in [1.165, 1.54) is 4.31 Å². The lowest BCUT2D eigenvalue weighted by Crippen LogP contribution is -2.43. The molecule has 1 aromatic rings. The first-order chi connectivity index (χ1) is 10.5. The largest absolute Gasteiger partial charge is 0.340 e. The Labute approximate surface area is 131 Å². The van der Waals surface area contributed by atoms with Gasteiger partial charge in [-0.1, -0.05) is 30.3 Å². The second kappa shape index (κ2) is 7.71. The molecule has 0 unspecified atom stereocenters. The van der Waals surface area contributed by atoms with Crippen LogP contribution in [0.25, 0.3) is 0 Å². The van der Waals surface area contributed by atoms with Crippen LogP contribution in [0.15, 0.2) is 30.3 Å². The van der Waals surface area contributed by atoms with E-state index in [1.54, 1.807) is 4.90 Å². The van der Waals surface area contributed by atoms with E-state index in [4.69, 9.17) is 5.73 Å². The molecule has 1 fully saturated rings.